The number of halogens is 1. The van der Waals surface area contributed by atoms with Crippen molar-refractivity contribution in [1.29, 1.82) is 0 Å². The summed E-state index contributed by atoms with van der Waals surface area (Å²) in [4.78, 5) is 12.1. The molecule has 1 unspecified atom stereocenters. The van der Waals surface area contributed by atoms with Crippen molar-refractivity contribution in [3.05, 3.63) is 76.2 Å². The smallest absolute Gasteiger partial charge is 0.239 e. The van der Waals surface area contributed by atoms with Gasteiger partial charge in [0.05, 0.1) is 11.3 Å². The standard InChI is InChI=1S/C27H33FN6O/c1-18-15-21(28)9-10-23(18)25-24-16-29-17-34(35,19(2)20-7-5-4-6-8-20)26(24)32-27(31-25)30-22-11-13-33(3)14-12-22/h4-10,15,19,22,29H,11-14,16-17H2,1-3H3,(H,30,31,32)/t19-,34?/m0/s1. The van der Waals surface area contributed by atoms with Crippen LogP contribution in [0.15, 0.2) is 48.5 Å². The van der Waals surface area contributed by atoms with E-state index in [1.807, 2.05) is 44.2 Å². The van der Waals surface area contributed by atoms with Gasteiger partial charge in [-0.15, -0.1) is 0 Å². The summed E-state index contributed by atoms with van der Waals surface area (Å²) in [5.74, 6) is 0.658. The number of hydrogen-bond acceptors (Lipinski definition) is 6. The molecule has 0 bridgehead atoms. The lowest BCUT2D eigenvalue weighted by atomic mass is 9.98. The lowest BCUT2D eigenvalue weighted by Gasteiger charge is -2.49. The van der Waals surface area contributed by atoms with Crippen LogP contribution in [0.3, 0.4) is 0 Å². The molecule has 2 atom stereocenters. The molecule has 1 aromatic heterocycles. The van der Waals surface area contributed by atoms with Crippen LogP contribution in [0.25, 0.3) is 11.3 Å². The minimum absolute atomic E-state index is 0.218. The van der Waals surface area contributed by atoms with E-state index in [4.69, 9.17) is 9.97 Å². The molecule has 2 N–H and O–H groups in total. The zero-order valence-corrected chi connectivity index (χ0v) is 20.6. The first-order valence-corrected chi connectivity index (χ1v) is 12.3. The van der Waals surface area contributed by atoms with E-state index in [9.17, 15) is 9.60 Å². The third kappa shape index (κ3) is 4.67. The van der Waals surface area contributed by atoms with Crippen LogP contribution < -0.4 is 15.3 Å². The molecule has 35 heavy (non-hydrogen) atoms. The van der Waals surface area contributed by atoms with Crippen molar-refractivity contribution in [2.75, 3.05) is 32.1 Å². The van der Waals surface area contributed by atoms with Crippen molar-refractivity contribution in [2.45, 2.75) is 45.3 Å². The van der Waals surface area contributed by atoms with Crippen LogP contribution in [0.5, 0.6) is 0 Å². The predicted octanol–water partition coefficient (Wildman–Crippen LogP) is 4.72. The summed E-state index contributed by atoms with van der Waals surface area (Å²) < 4.78 is 13.3. The van der Waals surface area contributed by atoms with E-state index in [0.717, 1.165) is 48.2 Å². The second-order valence-corrected chi connectivity index (χ2v) is 9.85. The summed E-state index contributed by atoms with van der Waals surface area (Å²) in [5.41, 5.74) is 4.02. The normalized spacial score (nSPS) is 22.0. The number of fused-ring (bicyclic) bond motifs is 1. The van der Waals surface area contributed by atoms with Crippen LogP contribution in [0.2, 0.25) is 0 Å². The molecule has 7 nitrogen and oxygen atoms in total. The molecule has 0 aliphatic carbocycles. The van der Waals surface area contributed by atoms with E-state index in [0.29, 0.717) is 24.0 Å². The van der Waals surface area contributed by atoms with Crippen LogP contribution in [-0.4, -0.2) is 47.7 Å². The van der Waals surface area contributed by atoms with E-state index in [1.165, 1.54) is 12.1 Å². The third-order valence-corrected chi connectivity index (χ3v) is 7.40. The van der Waals surface area contributed by atoms with Crippen LogP contribution >= 0.6 is 0 Å². The molecule has 2 aliphatic rings. The fraction of sp³-hybridized carbons (Fsp3) is 0.407. The highest BCUT2D eigenvalue weighted by Crippen LogP contribution is 2.41. The van der Waals surface area contributed by atoms with Crippen LogP contribution in [0, 0.1) is 17.9 Å². The summed E-state index contributed by atoms with van der Waals surface area (Å²) in [7, 11) is 2.13. The summed E-state index contributed by atoms with van der Waals surface area (Å²) in [5, 5.41) is 21.4. The molecule has 2 aliphatic heterocycles. The van der Waals surface area contributed by atoms with Gasteiger partial charge in [0, 0.05) is 23.7 Å². The number of quaternary nitrogens is 1. The van der Waals surface area contributed by atoms with Crippen molar-refractivity contribution in [2.24, 2.45) is 0 Å². The van der Waals surface area contributed by atoms with Crippen molar-refractivity contribution in [1.82, 2.24) is 24.8 Å². The SMILES string of the molecule is Cc1cc(F)ccc1-c1nc(NC2CCN(C)CC2)nc2c1CNC[N+]2([O-])[C@@H](C)c1ccccc1. The Labute approximate surface area is 206 Å². The number of aryl methyl sites for hydroxylation is 1. The second kappa shape index (κ2) is 9.62. The van der Waals surface area contributed by atoms with Crippen LogP contribution in [0.1, 0.15) is 42.5 Å². The van der Waals surface area contributed by atoms with E-state index >= 15 is 0 Å². The lowest BCUT2D eigenvalue weighted by Crippen LogP contribution is -2.55. The quantitative estimate of drug-likeness (QED) is 0.410. The van der Waals surface area contributed by atoms with Gasteiger partial charge >= 0.3 is 0 Å². The highest BCUT2D eigenvalue weighted by Gasteiger charge is 2.38. The number of nitrogens with one attached hydrogen (secondary N) is 2. The minimum Gasteiger partial charge on any atom is -0.625 e. The molecule has 5 rings (SSSR count). The van der Waals surface area contributed by atoms with Crippen molar-refractivity contribution >= 4 is 11.8 Å². The molecule has 0 spiro atoms. The third-order valence-electron chi connectivity index (χ3n) is 7.40. The predicted molar refractivity (Wildman–Crippen MR) is 138 cm³/mol. The maximum Gasteiger partial charge on any atom is 0.239 e. The van der Waals surface area contributed by atoms with E-state index < -0.39 is 4.65 Å². The van der Waals surface area contributed by atoms with Crippen LogP contribution in [-0.2, 0) is 6.54 Å². The van der Waals surface area contributed by atoms with Gasteiger partial charge in [-0.1, -0.05) is 30.3 Å². The summed E-state index contributed by atoms with van der Waals surface area (Å²) >= 11 is 0. The monoisotopic (exact) mass is 476 g/mol. The summed E-state index contributed by atoms with van der Waals surface area (Å²) in [6.07, 6.45) is 1.97. The number of aromatic nitrogens is 2. The fourth-order valence-electron chi connectivity index (χ4n) is 5.18. The van der Waals surface area contributed by atoms with Gasteiger partial charge in [-0.25, -0.2) is 9.37 Å². The zero-order valence-electron chi connectivity index (χ0n) is 20.6. The Morgan fingerprint density at radius 2 is 1.89 bits per heavy atom. The van der Waals surface area contributed by atoms with Gasteiger partial charge in [-0.3, -0.25) is 9.96 Å². The number of piperidine rings is 1. The summed E-state index contributed by atoms with van der Waals surface area (Å²) in [6.45, 7) is 6.54. The highest BCUT2D eigenvalue weighted by atomic mass is 19.1. The van der Waals surface area contributed by atoms with Crippen molar-refractivity contribution < 1.29 is 4.39 Å². The fourth-order valence-corrected chi connectivity index (χ4v) is 5.18. The Balaban J connectivity index is 1.63. The second-order valence-electron chi connectivity index (χ2n) is 9.85. The molecular weight excluding hydrogens is 443 g/mol. The number of benzene rings is 2. The summed E-state index contributed by atoms with van der Waals surface area (Å²) in [6, 6.07) is 14.4. The number of anilines is 1. The molecule has 0 radical (unpaired) electrons. The molecule has 0 saturated carbocycles. The first kappa shape index (κ1) is 23.8. The van der Waals surface area contributed by atoms with Gasteiger partial charge < -0.3 is 15.4 Å². The van der Waals surface area contributed by atoms with Gasteiger partial charge in [0.15, 0.2) is 0 Å². The van der Waals surface area contributed by atoms with E-state index in [2.05, 4.69) is 22.6 Å². The maximum absolute atomic E-state index is 14.5. The molecule has 3 heterocycles. The van der Waals surface area contributed by atoms with Gasteiger partial charge in [0.2, 0.25) is 11.8 Å². The molecule has 2 aromatic carbocycles. The molecule has 1 fully saturated rings. The Kier molecular flexibility index (Phi) is 6.55. The average molecular weight is 477 g/mol. The number of rotatable bonds is 5. The topological polar surface area (TPSA) is 76.1 Å². The molecular formula is C27H33FN6O. The zero-order chi connectivity index (χ0) is 24.6. The Morgan fingerprint density at radius 1 is 1.14 bits per heavy atom. The van der Waals surface area contributed by atoms with Gasteiger partial charge in [0.25, 0.3) is 0 Å². The van der Waals surface area contributed by atoms with E-state index in [-0.39, 0.29) is 24.6 Å². The Morgan fingerprint density at radius 3 is 2.60 bits per heavy atom. The van der Waals surface area contributed by atoms with Crippen molar-refractivity contribution in [3.8, 4) is 11.3 Å². The Hall–Kier alpha value is -2.91. The molecule has 1 saturated heterocycles. The number of likely N-dealkylation sites (tertiary alicyclic amines) is 1. The van der Waals surface area contributed by atoms with Gasteiger partial charge in [-0.2, -0.15) is 4.98 Å². The average Bonchev–Trinajstić information content (AvgIpc) is 2.86. The van der Waals surface area contributed by atoms with Crippen molar-refractivity contribution in [3.63, 3.8) is 0 Å². The largest absolute Gasteiger partial charge is 0.625 e. The first-order valence-electron chi connectivity index (χ1n) is 12.3. The molecule has 0 amide bonds. The first-order chi connectivity index (χ1) is 16.8. The molecule has 3 aromatic rings. The van der Waals surface area contributed by atoms with Crippen LogP contribution in [0.4, 0.5) is 16.2 Å². The highest BCUT2D eigenvalue weighted by molar-refractivity contribution is 5.73. The van der Waals surface area contributed by atoms with E-state index in [1.54, 1.807) is 6.07 Å². The number of nitrogens with zero attached hydrogens (tertiary/aromatic N) is 4. The maximum atomic E-state index is 14.5. The van der Waals surface area contributed by atoms with Gasteiger partial charge in [0.1, 0.15) is 18.5 Å². The van der Waals surface area contributed by atoms with Gasteiger partial charge in [-0.05, 0) is 70.6 Å². The number of hydrogen-bond donors (Lipinski definition) is 2. The Bertz CT molecular complexity index is 1200. The lowest BCUT2D eigenvalue weighted by molar-refractivity contribution is 0.249. The number of hydroxylamine groups is 2. The molecule has 8 heteroatoms. The molecule has 184 valence electrons. The minimum atomic E-state index is -0.628.